The molecular weight excluding hydrogens is 202 g/mol. The van der Waals surface area contributed by atoms with Crippen LogP contribution in [0.3, 0.4) is 0 Å². The number of carbonyl (C=O) groups is 1. The van der Waals surface area contributed by atoms with Gasteiger partial charge in [-0.15, -0.1) is 0 Å². The first-order chi connectivity index (χ1) is 7.48. The highest BCUT2D eigenvalue weighted by Gasteiger charge is 2.62. The normalized spacial score (nSPS) is 25.8. The fourth-order valence-electron chi connectivity index (χ4n) is 2.52. The van der Waals surface area contributed by atoms with Crippen LogP contribution in [0.2, 0.25) is 0 Å². The zero-order valence-electron chi connectivity index (χ0n) is 9.27. The summed E-state index contributed by atoms with van der Waals surface area (Å²) in [6, 6.07) is 9.30. The minimum atomic E-state index is -0.752. The average Bonchev–Trinajstić information content (AvgIpc) is 2.82. The average molecular weight is 215 g/mol. The van der Waals surface area contributed by atoms with Crippen molar-refractivity contribution in [1.82, 2.24) is 0 Å². The maximum absolute atomic E-state index is 11.1. The molecule has 0 spiro atoms. The van der Waals surface area contributed by atoms with E-state index < -0.39 is 5.97 Å². The number of benzene rings is 1. The van der Waals surface area contributed by atoms with Crippen LogP contribution in [0.4, 0.5) is 0 Å². The molecule has 0 radical (unpaired) electrons. The highest BCUT2D eigenvalue weighted by Crippen LogP contribution is 2.64. The van der Waals surface area contributed by atoms with E-state index in [1.165, 1.54) is 0 Å². The molecule has 1 aromatic rings. The second kappa shape index (κ2) is 3.34. The molecule has 1 N–H and O–H groups in total. The van der Waals surface area contributed by atoms with Gasteiger partial charge in [-0.3, -0.25) is 4.79 Å². The van der Waals surface area contributed by atoms with Crippen molar-refractivity contribution in [3.8, 4) is 6.07 Å². The molecule has 0 saturated heterocycles. The summed E-state index contributed by atoms with van der Waals surface area (Å²) in [4.78, 5) is 11.1. The summed E-state index contributed by atoms with van der Waals surface area (Å²) in [5, 5.41) is 17.9. The van der Waals surface area contributed by atoms with Gasteiger partial charge >= 0.3 is 5.97 Å². The molecule has 0 unspecified atom stereocenters. The first-order valence-electron chi connectivity index (χ1n) is 5.21. The lowest BCUT2D eigenvalue weighted by Crippen LogP contribution is -2.03. The van der Waals surface area contributed by atoms with Gasteiger partial charge in [-0.1, -0.05) is 26.0 Å². The van der Waals surface area contributed by atoms with Crippen LogP contribution in [-0.4, -0.2) is 11.1 Å². The van der Waals surface area contributed by atoms with Crippen molar-refractivity contribution in [1.29, 1.82) is 5.26 Å². The largest absolute Gasteiger partial charge is 0.481 e. The van der Waals surface area contributed by atoms with Gasteiger partial charge in [0, 0.05) is 5.92 Å². The van der Waals surface area contributed by atoms with Gasteiger partial charge in [0.05, 0.1) is 17.6 Å². The molecule has 82 valence electrons. The van der Waals surface area contributed by atoms with Crippen LogP contribution in [0, 0.1) is 22.7 Å². The van der Waals surface area contributed by atoms with Crippen LogP contribution in [-0.2, 0) is 4.79 Å². The molecule has 1 aliphatic rings. The summed E-state index contributed by atoms with van der Waals surface area (Å²) in [6.45, 7) is 3.91. The highest BCUT2D eigenvalue weighted by molar-refractivity contribution is 5.77. The Bertz CT molecular complexity index is 485. The van der Waals surface area contributed by atoms with E-state index in [9.17, 15) is 4.79 Å². The fraction of sp³-hybridized carbons (Fsp3) is 0.385. The quantitative estimate of drug-likeness (QED) is 0.823. The number of aliphatic carboxylic acids is 1. The third-order valence-corrected chi connectivity index (χ3v) is 3.47. The van der Waals surface area contributed by atoms with Crippen LogP contribution >= 0.6 is 0 Å². The maximum Gasteiger partial charge on any atom is 0.307 e. The molecule has 16 heavy (non-hydrogen) atoms. The van der Waals surface area contributed by atoms with Crippen molar-refractivity contribution in [2.24, 2.45) is 11.3 Å². The van der Waals surface area contributed by atoms with Crippen LogP contribution in [0.1, 0.15) is 30.9 Å². The van der Waals surface area contributed by atoms with Gasteiger partial charge in [-0.05, 0) is 23.1 Å². The summed E-state index contributed by atoms with van der Waals surface area (Å²) in [7, 11) is 0. The zero-order valence-corrected chi connectivity index (χ0v) is 9.27. The van der Waals surface area contributed by atoms with Gasteiger partial charge in [0.2, 0.25) is 0 Å². The number of carboxylic acid groups (broad SMARTS) is 1. The molecule has 1 aromatic carbocycles. The second-order valence-electron chi connectivity index (χ2n) is 4.85. The Morgan fingerprint density at radius 1 is 1.50 bits per heavy atom. The molecule has 2 atom stereocenters. The van der Waals surface area contributed by atoms with E-state index in [4.69, 9.17) is 10.4 Å². The SMILES string of the molecule is CC1(C)[C@H](C(=O)O)[C@H]1c1cccc(C#N)c1. The predicted molar refractivity (Wildman–Crippen MR) is 58.8 cm³/mol. The second-order valence-corrected chi connectivity index (χ2v) is 4.85. The Balaban J connectivity index is 2.34. The van der Waals surface area contributed by atoms with Crippen molar-refractivity contribution in [2.75, 3.05) is 0 Å². The Kier molecular flexibility index (Phi) is 2.23. The smallest absolute Gasteiger partial charge is 0.307 e. The molecule has 3 heteroatoms. The van der Waals surface area contributed by atoms with Crippen LogP contribution in [0.15, 0.2) is 24.3 Å². The van der Waals surface area contributed by atoms with E-state index in [0.29, 0.717) is 5.56 Å². The molecular formula is C13H13NO2. The highest BCUT2D eigenvalue weighted by atomic mass is 16.4. The van der Waals surface area contributed by atoms with Gasteiger partial charge in [-0.2, -0.15) is 5.26 Å². The minimum Gasteiger partial charge on any atom is -0.481 e. The Labute approximate surface area is 94.3 Å². The van der Waals surface area contributed by atoms with Crippen LogP contribution in [0.5, 0.6) is 0 Å². The van der Waals surface area contributed by atoms with E-state index in [2.05, 4.69) is 6.07 Å². The Morgan fingerprint density at radius 3 is 2.69 bits per heavy atom. The van der Waals surface area contributed by atoms with Gasteiger partial charge in [-0.25, -0.2) is 0 Å². The molecule has 0 bridgehead atoms. The van der Waals surface area contributed by atoms with E-state index in [1.54, 1.807) is 18.2 Å². The molecule has 1 aliphatic carbocycles. The van der Waals surface area contributed by atoms with Crippen molar-refractivity contribution in [3.63, 3.8) is 0 Å². The van der Waals surface area contributed by atoms with Gasteiger partial charge in [0.15, 0.2) is 0 Å². The Morgan fingerprint density at radius 2 is 2.19 bits per heavy atom. The molecule has 3 nitrogen and oxygen atoms in total. The summed E-state index contributed by atoms with van der Waals surface area (Å²) in [6.07, 6.45) is 0. The molecule has 0 amide bonds. The van der Waals surface area contributed by atoms with Crippen molar-refractivity contribution in [2.45, 2.75) is 19.8 Å². The lowest BCUT2D eigenvalue weighted by atomic mass is 10.0. The lowest BCUT2D eigenvalue weighted by molar-refractivity contribution is -0.139. The standard InChI is InChI=1S/C13H13NO2/c1-13(2)10(11(13)12(15)16)9-5-3-4-8(6-9)7-14/h3-6,10-11H,1-2H3,(H,15,16)/t10-,11+/m1/s1. The monoisotopic (exact) mass is 215 g/mol. The van der Waals surface area contributed by atoms with E-state index in [0.717, 1.165) is 5.56 Å². The molecule has 2 rings (SSSR count). The summed E-state index contributed by atoms with van der Waals surface area (Å²) in [5.41, 5.74) is 1.33. The fourth-order valence-corrected chi connectivity index (χ4v) is 2.52. The molecule has 1 saturated carbocycles. The topological polar surface area (TPSA) is 61.1 Å². The first kappa shape index (κ1) is 10.7. The summed E-state index contributed by atoms with van der Waals surface area (Å²) >= 11 is 0. The molecule has 0 aliphatic heterocycles. The molecule has 0 aromatic heterocycles. The van der Waals surface area contributed by atoms with E-state index >= 15 is 0 Å². The number of nitriles is 1. The minimum absolute atomic E-state index is 0.0262. The van der Waals surface area contributed by atoms with Gasteiger partial charge in [0.1, 0.15) is 0 Å². The third-order valence-electron chi connectivity index (χ3n) is 3.47. The third kappa shape index (κ3) is 1.47. The molecule has 1 fully saturated rings. The summed E-state index contributed by atoms with van der Waals surface area (Å²) in [5.74, 6) is -1.06. The van der Waals surface area contributed by atoms with Crippen molar-refractivity contribution in [3.05, 3.63) is 35.4 Å². The van der Waals surface area contributed by atoms with E-state index in [-0.39, 0.29) is 17.3 Å². The number of nitrogens with zero attached hydrogens (tertiary/aromatic N) is 1. The van der Waals surface area contributed by atoms with Crippen LogP contribution in [0.25, 0.3) is 0 Å². The predicted octanol–water partition coefficient (Wildman–Crippen LogP) is 2.38. The summed E-state index contributed by atoms with van der Waals surface area (Å²) < 4.78 is 0. The van der Waals surface area contributed by atoms with Gasteiger partial charge < -0.3 is 5.11 Å². The van der Waals surface area contributed by atoms with Gasteiger partial charge in [0.25, 0.3) is 0 Å². The van der Waals surface area contributed by atoms with Crippen LogP contribution < -0.4 is 0 Å². The number of hydrogen-bond acceptors (Lipinski definition) is 2. The first-order valence-corrected chi connectivity index (χ1v) is 5.21. The van der Waals surface area contributed by atoms with E-state index in [1.807, 2.05) is 19.9 Å². The zero-order chi connectivity index (χ0) is 11.9. The number of carboxylic acids is 1. The number of rotatable bonds is 2. The van der Waals surface area contributed by atoms with Crippen molar-refractivity contribution >= 4 is 5.97 Å². The Hall–Kier alpha value is -1.82. The lowest BCUT2D eigenvalue weighted by Gasteiger charge is -2.02. The van der Waals surface area contributed by atoms with Crippen molar-refractivity contribution < 1.29 is 9.90 Å². The molecule has 0 heterocycles. The maximum atomic E-state index is 11.1. The number of hydrogen-bond donors (Lipinski definition) is 1.